The topological polar surface area (TPSA) is 76.5 Å². The molecule has 0 atom stereocenters. The molecule has 1 radical (unpaired) electrons. The van der Waals surface area contributed by atoms with Crippen LogP contribution in [0.2, 0.25) is 0 Å². The van der Waals surface area contributed by atoms with Gasteiger partial charge in [-0.05, 0) is 54.6 Å². The summed E-state index contributed by atoms with van der Waals surface area (Å²) in [6.07, 6.45) is 1.17. The van der Waals surface area contributed by atoms with Gasteiger partial charge in [-0.25, -0.2) is 0 Å². The smallest absolute Gasteiger partial charge is 0.217 e. The molecule has 6 rings (SSSR count). The van der Waals surface area contributed by atoms with Crippen molar-refractivity contribution in [1.82, 2.24) is 4.98 Å². The molecule has 217 valence electrons. The minimum atomic E-state index is -0.125. The first-order valence-corrected chi connectivity index (χ1v) is 13.9. The quantitative estimate of drug-likeness (QED) is 0.108. The standard InChI is InChI=1S/C31H26NO2.C5H8O2.Ir/c1-18(2)21-10-7-11-22(19(3)4)29(21)28-17-20-15-16-26(32-31(20)34-28)25-13-8-12-24-23-9-5-6-14-27(23)33-30(24)25;1-4(6)3-5(2)7;/h5-12,14-19H,1-4H3;3,6H,1-2H3;/q-1;;/b;4-3-;. The van der Waals surface area contributed by atoms with Crippen LogP contribution in [0.25, 0.3) is 55.6 Å². The van der Waals surface area contributed by atoms with Gasteiger partial charge in [0.05, 0.1) is 11.3 Å². The molecule has 0 saturated heterocycles. The van der Waals surface area contributed by atoms with E-state index in [4.69, 9.17) is 18.9 Å². The van der Waals surface area contributed by atoms with Crippen molar-refractivity contribution in [3.63, 3.8) is 0 Å². The summed E-state index contributed by atoms with van der Waals surface area (Å²) in [6.45, 7) is 11.8. The monoisotopic (exact) mass is 737 g/mol. The fourth-order valence-electron chi connectivity index (χ4n) is 5.19. The molecular formula is C36H34IrNO4-. The Hall–Kier alpha value is -3.99. The number of rotatable bonds is 5. The van der Waals surface area contributed by atoms with E-state index in [9.17, 15) is 4.79 Å². The zero-order valence-corrected chi connectivity index (χ0v) is 27.0. The molecule has 3 aromatic heterocycles. The van der Waals surface area contributed by atoms with Crippen LogP contribution >= 0.6 is 0 Å². The van der Waals surface area contributed by atoms with Crippen molar-refractivity contribution in [3.05, 3.63) is 102 Å². The zero-order chi connectivity index (χ0) is 29.3. The fraction of sp³-hybridized carbons (Fsp3) is 0.222. The van der Waals surface area contributed by atoms with Crippen molar-refractivity contribution in [2.24, 2.45) is 0 Å². The second-order valence-corrected chi connectivity index (χ2v) is 10.9. The summed E-state index contributed by atoms with van der Waals surface area (Å²) >= 11 is 0. The Labute approximate surface area is 259 Å². The molecule has 3 heterocycles. The summed E-state index contributed by atoms with van der Waals surface area (Å²) in [4.78, 5) is 14.9. The maximum atomic E-state index is 10.0. The number of allylic oxidation sites excluding steroid dienone is 2. The Morgan fingerprint density at radius 1 is 0.881 bits per heavy atom. The maximum Gasteiger partial charge on any atom is 0.217 e. The number of nitrogens with zero attached hydrogens (tertiary/aromatic N) is 1. The molecule has 0 amide bonds. The van der Waals surface area contributed by atoms with E-state index in [1.807, 2.05) is 36.4 Å². The number of hydrogen-bond acceptors (Lipinski definition) is 5. The maximum absolute atomic E-state index is 10.0. The predicted octanol–water partition coefficient (Wildman–Crippen LogP) is 10.1. The van der Waals surface area contributed by atoms with E-state index < -0.39 is 0 Å². The van der Waals surface area contributed by atoms with Crippen molar-refractivity contribution in [2.45, 2.75) is 53.4 Å². The van der Waals surface area contributed by atoms with Crippen LogP contribution in [0, 0.1) is 6.07 Å². The number of hydrogen-bond donors (Lipinski definition) is 1. The number of aromatic nitrogens is 1. The molecule has 6 heteroatoms. The average molecular weight is 737 g/mol. The molecule has 0 aliphatic rings. The van der Waals surface area contributed by atoms with Crippen molar-refractivity contribution in [1.29, 1.82) is 0 Å². The Morgan fingerprint density at radius 3 is 2.19 bits per heavy atom. The minimum absolute atomic E-state index is 0. The molecule has 0 fully saturated rings. The largest absolute Gasteiger partial charge is 0.512 e. The normalized spacial score (nSPS) is 11.7. The third-order valence-corrected chi connectivity index (χ3v) is 7.01. The van der Waals surface area contributed by atoms with Crippen molar-refractivity contribution >= 4 is 38.8 Å². The summed E-state index contributed by atoms with van der Waals surface area (Å²) in [6, 6.07) is 28.2. The number of para-hydroxylation sites is 1. The van der Waals surface area contributed by atoms with E-state index in [0.29, 0.717) is 17.5 Å². The van der Waals surface area contributed by atoms with E-state index in [1.165, 1.54) is 36.6 Å². The van der Waals surface area contributed by atoms with Gasteiger partial charge in [-0.2, -0.15) is 0 Å². The van der Waals surface area contributed by atoms with E-state index >= 15 is 0 Å². The van der Waals surface area contributed by atoms with Crippen molar-refractivity contribution in [2.75, 3.05) is 0 Å². The Balaban J connectivity index is 0.000000454. The summed E-state index contributed by atoms with van der Waals surface area (Å²) in [7, 11) is 0. The van der Waals surface area contributed by atoms with Crippen LogP contribution in [0.15, 0.2) is 93.5 Å². The number of benzene rings is 3. The van der Waals surface area contributed by atoms with E-state index in [0.717, 1.165) is 44.3 Å². The molecule has 1 N–H and O–H groups in total. The molecule has 42 heavy (non-hydrogen) atoms. The molecular weight excluding hydrogens is 703 g/mol. The van der Waals surface area contributed by atoms with Gasteiger partial charge in [-0.1, -0.05) is 87.2 Å². The molecule has 0 spiro atoms. The average Bonchev–Trinajstić information content (AvgIpc) is 3.53. The van der Waals surface area contributed by atoms with Crippen molar-refractivity contribution in [3.8, 4) is 22.6 Å². The first-order valence-electron chi connectivity index (χ1n) is 13.9. The summed E-state index contributed by atoms with van der Waals surface area (Å²) < 4.78 is 12.6. The number of ketones is 1. The molecule has 0 bridgehead atoms. The molecule has 0 aliphatic carbocycles. The van der Waals surface area contributed by atoms with E-state index in [-0.39, 0.29) is 31.6 Å². The van der Waals surface area contributed by atoms with Gasteiger partial charge < -0.3 is 13.9 Å². The van der Waals surface area contributed by atoms with Crippen LogP contribution < -0.4 is 0 Å². The second kappa shape index (κ2) is 12.9. The van der Waals surface area contributed by atoms with Gasteiger partial charge in [0.25, 0.3) is 0 Å². The molecule has 6 aromatic rings. The van der Waals surface area contributed by atoms with Gasteiger partial charge in [-0.15, -0.1) is 18.2 Å². The number of aliphatic hydroxyl groups is 1. The van der Waals surface area contributed by atoms with Crippen LogP contribution in [-0.2, 0) is 24.9 Å². The summed E-state index contributed by atoms with van der Waals surface area (Å²) in [5, 5.41) is 11.5. The van der Waals surface area contributed by atoms with Gasteiger partial charge in [0.1, 0.15) is 11.3 Å². The van der Waals surface area contributed by atoms with Gasteiger partial charge in [0.2, 0.25) is 5.71 Å². The van der Waals surface area contributed by atoms with Gasteiger partial charge in [-0.3, -0.25) is 9.78 Å². The van der Waals surface area contributed by atoms with Crippen LogP contribution in [0.1, 0.15) is 64.5 Å². The minimum Gasteiger partial charge on any atom is -0.512 e. The predicted molar refractivity (Wildman–Crippen MR) is 166 cm³/mol. The molecule has 0 aliphatic heterocycles. The first-order chi connectivity index (χ1) is 19.6. The van der Waals surface area contributed by atoms with E-state index in [1.54, 1.807) is 0 Å². The number of fused-ring (bicyclic) bond motifs is 4. The third kappa shape index (κ3) is 6.25. The first kappa shape index (κ1) is 31.0. The molecule has 0 saturated carbocycles. The zero-order valence-electron chi connectivity index (χ0n) is 24.6. The van der Waals surface area contributed by atoms with E-state index in [2.05, 4.69) is 70.2 Å². The number of pyridine rings is 1. The molecule has 3 aromatic carbocycles. The van der Waals surface area contributed by atoms with Crippen LogP contribution in [0.4, 0.5) is 0 Å². The number of furan rings is 2. The summed E-state index contributed by atoms with van der Waals surface area (Å²) in [5.41, 5.74) is 7.72. The second-order valence-electron chi connectivity index (χ2n) is 10.9. The van der Waals surface area contributed by atoms with Crippen molar-refractivity contribution < 1.29 is 38.8 Å². The summed E-state index contributed by atoms with van der Waals surface area (Å²) in [5.74, 6) is 1.60. The third-order valence-electron chi connectivity index (χ3n) is 7.01. The van der Waals surface area contributed by atoms with Gasteiger partial charge >= 0.3 is 0 Å². The van der Waals surface area contributed by atoms with Crippen LogP contribution in [-0.4, -0.2) is 15.9 Å². The SMILES string of the molecule is CC(=O)/C=C(/C)O.CC(C)c1cccc(C(C)C)c1-c1cc2ccc(-c3[c-]ccc4c3oc3ccccc34)nc2o1.[Ir]. The Kier molecular flexibility index (Phi) is 9.50. The number of aliphatic hydroxyl groups excluding tert-OH is 1. The number of carbonyl (C=O) groups excluding carboxylic acids is 1. The Morgan fingerprint density at radius 2 is 1.57 bits per heavy atom. The molecule has 0 unspecified atom stereocenters. The number of carbonyl (C=O) groups is 1. The molecule has 5 nitrogen and oxygen atoms in total. The van der Waals surface area contributed by atoms with Gasteiger partial charge in [0, 0.05) is 42.5 Å². The van der Waals surface area contributed by atoms with Crippen LogP contribution in [0.5, 0.6) is 0 Å². The fourth-order valence-corrected chi connectivity index (χ4v) is 5.19. The van der Waals surface area contributed by atoms with Crippen LogP contribution in [0.3, 0.4) is 0 Å². The Bertz CT molecular complexity index is 1880. The van der Waals surface area contributed by atoms with Gasteiger partial charge in [0.15, 0.2) is 5.78 Å².